The molecule has 66 valence electrons. The van der Waals surface area contributed by atoms with Gasteiger partial charge in [-0.2, -0.15) is 5.26 Å². The molecule has 0 spiro atoms. The Hall–Kier alpha value is -0.630. The van der Waals surface area contributed by atoms with Gasteiger partial charge in [0.05, 0.1) is 5.56 Å². The molecule has 1 saturated carbocycles. The van der Waals surface area contributed by atoms with Crippen molar-refractivity contribution in [2.45, 2.75) is 25.2 Å². The molecule has 3 heteroatoms. The fraction of sp³-hybridized carbons (Fsp3) is 0.400. The first kappa shape index (κ1) is 8.95. The molecule has 1 aliphatic rings. The van der Waals surface area contributed by atoms with Crippen LogP contribution in [-0.4, -0.2) is 4.98 Å². The van der Waals surface area contributed by atoms with E-state index in [1.807, 2.05) is 12.1 Å². The van der Waals surface area contributed by atoms with Crippen molar-refractivity contribution in [2.24, 2.45) is 0 Å². The van der Waals surface area contributed by atoms with Gasteiger partial charge in [0.25, 0.3) is 0 Å². The quantitative estimate of drug-likeness (QED) is 0.587. The Morgan fingerprint density at radius 2 is 2.23 bits per heavy atom. The second kappa shape index (κ2) is 3.62. The summed E-state index contributed by atoms with van der Waals surface area (Å²) in [5, 5.41) is 8.72. The van der Waals surface area contributed by atoms with E-state index in [0.29, 0.717) is 11.5 Å². The summed E-state index contributed by atoms with van der Waals surface area (Å²) in [5.41, 5.74) is 1.85. The van der Waals surface area contributed by atoms with Gasteiger partial charge in [0.2, 0.25) is 0 Å². The highest BCUT2D eigenvalue weighted by Crippen LogP contribution is 2.35. The molecule has 0 bridgehead atoms. The molecule has 0 atom stereocenters. The third kappa shape index (κ3) is 1.68. The molecule has 0 amide bonds. The van der Waals surface area contributed by atoms with Gasteiger partial charge in [-0.05, 0) is 47.6 Å². The second-order valence-corrected chi connectivity index (χ2v) is 4.34. The number of hydrogen-bond acceptors (Lipinski definition) is 2. The molecular formula is C10H9IN2. The zero-order chi connectivity index (χ0) is 9.26. The van der Waals surface area contributed by atoms with Crippen molar-refractivity contribution in [3.05, 3.63) is 27.1 Å². The third-order valence-electron chi connectivity index (χ3n) is 2.51. The van der Waals surface area contributed by atoms with Crippen LogP contribution in [-0.2, 0) is 0 Å². The summed E-state index contributed by atoms with van der Waals surface area (Å²) in [6.45, 7) is 0. The summed E-state index contributed by atoms with van der Waals surface area (Å²) < 4.78 is 0.838. The van der Waals surface area contributed by atoms with Gasteiger partial charge in [0, 0.05) is 11.6 Å². The minimum atomic E-state index is 0.654. The molecule has 1 heterocycles. The predicted octanol–water partition coefficient (Wildman–Crippen LogP) is 2.83. The van der Waals surface area contributed by atoms with Crippen LogP contribution < -0.4 is 0 Å². The van der Waals surface area contributed by atoms with Crippen LogP contribution >= 0.6 is 22.6 Å². The minimum absolute atomic E-state index is 0.654. The molecule has 0 aliphatic heterocycles. The molecule has 0 unspecified atom stereocenters. The number of rotatable bonds is 1. The molecular weight excluding hydrogens is 275 g/mol. The Kier molecular flexibility index (Phi) is 2.49. The van der Waals surface area contributed by atoms with E-state index in [9.17, 15) is 0 Å². The summed E-state index contributed by atoms with van der Waals surface area (Å²) in [7, 11) is 0. The molecule has 0 N–H and O–H groups in total. The molecule has 1 aromatic rings. The average molecular weight is 284 g/mol. The van der Waals surface area contributed by atoms with Crippen LogP contribution in [0, 0.1) is 15.0 Å². The highest BCUT2D eigenvalue weighted by Gasteiger charge is 2.21. The van der Waals surface area contributed by atoms with E-state index in [1.165, 1.54) is 19.3 Å². The largest absolute Gasteiger partial charge is 0.245 e. The summed E-state index contributed by atoms with van der Waals surface area (Å²) >= 11 is 2.13. The van der Waals surface area contributed by atoms with Gasteiger partial charge in [-0.1, -0.05) is 6.42 Å². The molecule has 1 aliphatic carbocycles. The lowest BCUT2D eigenvalue weighted by atomic mass is 9.83. The van der Waals surface area contributed by atoms with Crippen molar-refractivity contribution in [2.75, 3.05) is 0 Å². The Balaban J connectivity index is 2.30. The number of halogens is 1. The Labute approximate surface area is 91.1 Å². The summed E-state index contributed by atoms with van der Waals surface area (Å²) in [6.07, 6.45) is 3.84. The van der Waals surface area contributed by atoms with Gasteiger partial charge >= 0.3 is 0 Å². The topological polar surface area (TPSA) is 36.7 Å². The molecule has 1 aromatic heterocycles. The zero-order valence-corrected chi connectivity index (χ0v) is 9.28. The number of hydrogen-bond donors (Lipinski definition) is 0. The lowest BCUT2D eigenvalue weighted by Crippen LogP contribution is -2.11. The van der Waals surface area contributed by atoms with Crippen molar-refractivity contribution in [1.82, 2.24) is 4.98 Å². The highest BCUT2D eigenvalue weighted by molar-refractivity contribution is 14.1. The van der Waals surface area contributed by atoms with Gasteiger partial charge in [-0.25, -0.2) is 4.98 Å². The van der Waals surface area contributed by atoms with Gasteiger partial charge in [0.15, 0.2) is 0 Å². The smallest absolute Gasteiger partial charge is 0.119 e. The second-order valence-electron chi connectivity index (χ2n) is 3.31. The summed E-state index contributed by atoms with van der Waals surface area (Å²) in [6, 6.07) is 6.00. The Morgan fingerprint density at radius 1 is 1.46 bits per heavy atom. The molecule has 0 radical (unpaired) electrons. The van der Waals surface area contributed by atoms with Gasteiger partial charge in [0.1, 0.15) is 9.77 Å². The van der Waals surface area contributed by atoms with Crippen LogP contribution in [0.2, 0.25) is 0 Å². The average Bonchev–Trinajstić information content (AvgIpc) is 2.01. The Morgan fingerprint density at radius 3 is 2.69 bits per heavy atom. The SMILES string of the molecule is N#Cc1ccc(C2CCC2)nc1I. The molecule has 2 nitrogen and oxygen atoms in total. The first-order valence-corrected chi connectivity index (χ1v) is 5.45. The minimum Gasteiger partial charge on any atom is -0.245 e. The Bertz CT molecular complexity index is 364. The third-order valence-corrected chi connectivity index (χ3v) is 3.34. The van der Waals surface area contributed by atoms with Crippen LogP contribution in [0.5, 0.6) is 0 Å². The van der Waals surface area contributed by atoms with Crippen LogP contribution in [0.25, 0.3) is 0 Å². The monoisotopic (exact) mass is 284 g/mol. The standard InChI is InChI=1S/C10H9IN2/c11-10-8(6-12)4-5-9(13-10)7-2-1-3-7/h4-5,7H,1-3H2. The molecule has 1 fully saturated rings. The molecule has 13 heavy (non-hydrogen) atoms. The van der Waals surface area contributed by atoms with Crippen molar-refractivity contribution in [3.8, 4) is 6.07 Å². The summed E-state index contributed by atoms with van der Waals surface area (Å²) in [5.74, 6) is 0.654. The lowest BCUT2D eigenvalue weighted by molar-refractivity contribution is 0.410. The van der Waals surface area contributed by atoms with E-state index in [0.717, 1.165) is 9.39 Å². The van der Waals surface area contributed by atoms with Crippen LogP contribution in [0.3, 0.4) is 0 Å². The van der Waals surface area contributed by atoms with Crippen LogP contribution in [0.1, 0.15) is 36.4 Å². The highest BCUT2D eigenvalue weighted by atomic mass is 127. The predicted molar refractivity (Wildman–Crippen MR) is 58.3 cm³/mol. The van der Waals surface area contributed by atoms with E-state index in [4.69, 9.17) is 5.26 Å². The molecule has 0 saturated heterocycles. The maximum absolute atomic E-state index is 8.72. The fourth-order valence-corrected chi connectivity index (χ4v) is 2.04. The first-order chi connectivity index (χ1) is 6.31. The number of pyridine rings is 1. The maximum Gasteiger partial charge on any atom is 0.119 e. The summed E-state index contributed by atoms with van der Waals surface area (Å²) in [4.78, 5) is 4.43. The van der Waals surface area contributed by atoms with Crippen LogP contribution in [0.15, 0.2) is 12.1 Å². The fourth-order valence-electron chi connectivity index (χ4n) is 1.46. The van der Waals surface area contributed by atoms with Crippen molar-refractivity contribution < 1.29 is 0 Å². The first-order valence-electron chi connectivity index (χ1n) is 4.38. The van der Waals surface area contributed by atoms with Gasteiger partial charge in [-0.3, -0.25) is 0 Å². The maximum atomic E-state index is 8.72. The number of aromatic nitrogens is 1. The van der Waals surface area contributed by atoms with E-state index in [2.05, 4.69) is 33.6 Å². The van der Waals surface area contributed by atoms with Gasteiger partial charge < -0.3 is 0 Å². The molecule has 2 rings (SSSR count). The zero-order valence-electron chi connectivity index (χ0n) is 7.13. The normalized spacial score (nSPS) is 16.3. The van der Waals surface area contributed by atoms with E-state index >= 15 is 0 Å². The van der Waals surface area contributed by atoms with E-state index in [-0.39, 0.29) is 0 Å². The number of nitriles is 1. The van der Waals surface area contributed by atoms with Gasteiger partial charge in [-0.15, -0.1) is 0 Å². The van der Waals surface area contributed by atoms with Crippen molar-refractivity contribution in [3.63, 3.8) is 0 Å². The number of nitrogens with zero attached hydrogens (tertiary/aromatic N) is 2. The van der Waals surface area contributed by atoms with E-state index in [1.54, 1.807) is 0 Å². The van der Waals surface area contributed by atoms with Crippen LogP contribution in [0.4, 0.5) is 0 Å². The van der Waals surface area contributed by atoms with Crippen molar-refractivity contribution in [1.29, 1.82) is 5.26 Å². The molecule has 0 aromatic carbocycles. The van der Waals surface area contributed by atoms with Crippen molar-refractivity contribution >= 4 is 22.6 Å². The lowest BCUT2D eigenvalue weighted by Gasteiger charge is -2.24. The van der Waals surface area contributed by atoms with E-state index < -0.39 is 0 Å².